The van der Waals surface area contributed by atoms with Gasteiger partial charge in [-0.3, -0.25) is 9.59 Å². The molecule has 0 fully saturated rings. The molecule has 0 saturated heterocycles. The van der Waals surface area contributed by atoms with Crippen molar-refractivity contribution >= 4 is 51.0 Å². The highest BCUT2D eigenvalue weighted by molar-refractivity contribution is 9.10. The van der Waals surface area contributed by atoms with Crippen LogP contribution in [0, 0.1) is 0 Å². The number of nitrogens with one attached hydrogen (secondary N) is 1. The van der Waals surface area contributed by atoms with Gasteiger partial charge in [-0.1, -0.05) is 40.2 Å². The van der Waals surface area contributed by atoms with Gasteiger partial charge in [0.05, 0.1) is 6.42 Å². The van der Waals surface area contributed by atoms with Gasteiger partial charge in [-0.05, 0) is 65.7 Å². The van der Waals surface area contributed by atoms with Gasteiger partial charge < -0.3 is 14.8 Å². The van der Waals surface area contributed by atoms with Crippen LogP contribution in [-0.4, -0.2) is 29.4 Å². The Morgan fingerprint density at radius 3 is 2.44 bits per heavy atom. The Morgan fingerprint density at radius 2 is 1.81 bits per heavy atom. The topological polar surface area (TPSA) is 92.4 Å². The highest BCUT2D eigenvalue weighted by atomic mass is 79.9. The number of rotatable bonds is 6. The lowest BCUT2D eigenvalue weighted by molar-refractivity contribution is -0.136. The average Bonchev–Trinajstić information content (AvgIpc) is 3.22. The van der Waals surface area contributed by atoms with Gasteiger partial charge in [-0.15, -0.1) is 0 Å². The number of oxazole rings is 1. The van der Waals surface area contributed by atoms with Crippen molar-refractivity contribution in [3.8, 4) is 11.5 Å². The van der Waals surface area contributed by atoms with Crippen LogP contribution in [-0.2, 0) is 16.0 Å². The average molecular weight is 493 g/mol. The molecule has 0 amide bonds. The fraction of sp³-hybridized carbons (Fsp3) is 0.0800. The van der Waals surface area contributed by atoms with Crippen LogP contribution in [0.5, 0.6) is 0 Å². The van der Waals surface area contributed by atoms with Crippen LogP contribution < -0.4 is 5.32 Å². The lowest BCUT2D eigenvalue weighted by Crippen LogP contribution is -1.99. The number of aromatic nitrogens is 1. The Kier molecular flexibility index (Phi) is 7.94. The zero-order valence-corrected chi connectivity index (χ0v) is 18.9. The van der Waals surface area contributed by atoms with Crippen LogP contribution >= 0.6 is 15.9 Å². The normalized spacial score (nSPS) is 10.6. The van der Waals surface area contributed by atoms with Gasteiger partial charge in [-0.25, -0.2) is 4.98 Å². The molecular weight excluding hydrogens is 472 g/mol. The summed E-state index contributed by atoms with van der Waals surface area (Å²) in [5.41, 5.74) is 4.95. The molecule has 0 radical (unpaired) electrons. The third-order valence-corrected chi connectivity index (χ3v) is 4.99. The standard InChI is InChI=1S/C16H14N2O3.C9H7BrO/c1-17-12-5-3-11(4-6-12)16-18-13-8-10(9-15(19)20)2-7-14(13)21-16;10-9-5-3-8(4-6-9)2-1-7-11/h2-8,17H,9H2,1H3,(H,19,20);1-7H/b;2-1+. The number of hydrogen-bond donors (Lipinski definition) is 2. The van der Waals surface area contributed by atoms with Crippen molar-refractivity contribution in [2.24, 2.45) is 0 Å². The van der Waals surface area contributed by atoms with Crippen molar-refractivity contribution in [1.29, 1.82) is 0 Å². The first kappa shape index (κ1) is 23.0. The number of fused-ring (bicyclic) bond motifs is 1. The molecular formula is C25H21BrN2O4. The zero-order valence-electron chi connectivity index (χ0n) is 17.3. The lowest BCUT2D eigenvalue weighted by Gasteiger charge is -1.99. The summed E-state index contributed by atoms with van der Waals surface area (Å²) >= 11 is 3.32. The van der Waals surface area contributed by atoms with Gasteiger partial charge in [0.15, 0.2) is 5.58 Å². The molecule has 7 heteroatoms. The molecule has 3 aromatic carbocycles. The minimum Gasteiger partial charge on any atom is -0.481 e. The van der Waals surface area contributed by atoms with E-state index in [1.54, 1.807) is 24.3 Å². The van der Waals surface area contributed by atoms with E-state index in [2.05, 4.69) is 26.2 Å². The van der Waals surface area contributed by atoms with E-state index >= 15 is 0 Å². The first-order valence-corrected chi connectivity index (χ1v) is 10.5. The molecule has 32 heavy (non-hydrogen) atoms. The van der Waals surface area contributed by atoms with Crippen molar-refractivity contribution < 1.29 is 19.1 Å². The molecule has 0 spiro atoms. The van der Waals surface area contributed by atoms with Crippen LogP contribution in [0.4, 0.5) is 5.69 Å². The summed E-state index contributed by atoms with van der Waals surface area (Å²) in [6.07, 6.45) is 3.99. The fourth-order valence-corrected chi connectivity index (χ4v) is 3.15. The summed E-state index contributed by atoms with van der Waals surface area (Å²) in [5, 5.41) is 11.9. The number of halogens is 1. The Morgan fingerprint density at radius 1 is 1.09 bits per heavy atom. The second-order valence-electron chi connectivity index (χ2n) is 6.77. The minimum atomic E-state index is -0.860. The van der Waals surface area contributed by atoms with E-state index in [1.165, 1.54) is 6.08 Å². The molecule has 0 aliphatic rings. The van der Waals surface area contributed by atoms with Crippen molar-refractivity contribution in [3.63, 3.8) is 0 Å². The molecule has 0 aliphatic carbocycles. The molecule has 4 rings (SSSR count). The van der Waals surface area contributed by atoms with Gasteiger partial charge in [-0.2, -0.15) is 0 Å². The third-order valence-electron chi connectivity index (χ3n) is 4.47. The molecule has 0 saturated carbocycles. The number of benzene rings is 3. The smallest absolute Gasteiger partial charge is 0.307 e. The largest absolute Gasteiger partial charge is 0.481 e. The number of carboxylic acid groups (broad SMARTS) is 1. The minimum absolute atomic E-state index is 0.0188. The summed E-state index contributed by atoms with van der Waals surface area (Å²) in [6, 6.07) is 20.7. The number of nitrogens with zero attached hydrogens (tertiary/aromatic N) is 1. The van der Waals surface area contributed by atoms with E-state index in [0.29, 0.717) is 22.6 Å². The Labute approximate surface area is 193 Å². The summed E-state index contributed by atoms with van der Waals surface area (Å²) in [7, 11) is 1.86. The summed E-state index contributed by atoms with van der Waals surface area (Å²) in [4.78, 5) is 25.1. The van der Waals surface area contributed by atoms with Crippen molar-refractivity contribution in [2.75, 3.05) is 12.4 Å². The number of allylic oxidation sites excluding steroid dienone is 1. The van der Waals surface area contributed by atoms with Gasteiger partial charge in [0.1, 0.15) is 11.8 Å². The lowest BCUT2D eigenvalue weighted by atomic mass is 10.1. The zero-order chi connectivity index (χ0) is 22.9. The van der Waals surface area contributed by atoms with Crippen LogP contribution in [0.25, 0.3) is 28.6 Å². The first-order valence-electron chi connectivity index (χ1n) is 9.75. The molecule has 0 unspecified atom stereocenters. The van der Waals surface area contributed by atoms with Crippen LogP contribution in [0.3, 0.4) is 0 Å². The van der Waals surface area contributed by atoms with Gasteiger partial charge in [0.25, 0.3) is 0 Å². The predicted octanol–water partition coefficient (Wildman–Crippen LogP) is 5.82. The first-order chi connectivity index (χ1) is 15.5. The van der Waals surface area contributed by atoms with Gasteiger partial charge in [0.2, 0.25) is 5.89 Å². The summed E-state index contributed by atoms with van der Waals surface area (Å²) < 4.78 is 6.75. The number of aldehydes is 1. The molecule has 1 heterocycles. The maximum atomic E-state index is 10.7. The second kappa shape index (κ2) is 11.1. The van der Waals surface area contributed by atoms with E-state index in [-0.39, 0.29) is 6.42 Å². The highest BCUT2D eigenvalue weighted by Crippen LogP contribution is 2.26. The highest BCUT2D eigenvalue weighted by Gasteiger charge is 2.10. The number of anilines is 1. The van der Waals surface area contributed by atoms with Crippen LogP contribution in [0.2, 0.25) is 0 Å². The molecule has 0 bridgehead atoms. The molecule has 0 aliphatic heterocycles. The molecule has 1 aromatic heterocycles. The van der Waals surface area contributed by atoms with Gasteiger partial charge in [0, 0.05) is 22.8 Å². The second-order valence-corrected chi connectivity index (χ2v) is 7.68. The SMILES string of the molecule is CNc1ccc(-c2nc3cc(CC(=O)O)ccc3o2)cc1.O=C/C=C/c1ccc(Br)cc1. The van der Waals surface area contributed by atoms with Crippen molar-refractivity contribution in [1.82, 2.24) is 4.98 Å². The quantitative estimate of drug-likeness (QED) is 0.260. The number of carbonyl (C=O) groups is 2. The Bertz CT molecular complexity index is 1230. The third kappa shape index (κ3) is 6.39. The Hall–Kier alpha value is -3.71. The summed E-state index contributed by atoms with van der Waals surface area (Å²) in [6.45, 7) is 0. The fourth-order valence-electron chi connectivity index (χ4n) is 2.88. The maximum absolute atomic E-state index is 10.7. The van der Waals surface area contributed by atoms with E-state index in [0.717, 1.165) is 27.6 Å². The van der Waals surface area contributed by atoms with Crippen molar-refractivity contribution in [2.45, 2.75) is 6.42 Å². The predicted molar refractivity (Wildman–Crippen MR) is 130 cm³/mol. The molecule has 6 nitrogen and oxygen atoms in total. The molecule has 162 valence electrons. The van der Waals surface area contributed by atoms with E-state index in [4.69, 9.17) is 9.52 Å². The number of carbonyl (C=O) groups excluding carboxylic acids is 1. The number of aliphatic carboxylic acids is 1. The van der Waals surface area contributed by atoms with E-state index in [1.807, 2.05) is 55.6 Å². The number of hydrogen-bond acceptors (Lipinski definition) is 5. The molecule has 0 atom stereocenters. The monoisotopic (exact) mass is 492 g/mol. The summed E-state index contributed by atoms with van der Waals surface area (Å²) in [5.74, 6) is -0.333. The van der Waals surface area contributed by atoms with Crippen LogP contribution in [0.15, 0.2) is 81.7 Å². The Balaban J connectivity index is 0.000000222. The number of carboxylic acids is 1. The van der Waals surface area contributed by atoms with Gasteiger partial charge >= 0.3 is 5.97 Å². The maximum Gasteiger partial charge on any atom is 0.307 e. The van der Waals surface area contributed by atoms with E-state index in [9.17, 15) is 9.59 Å². The molecule has 2 N–H and O–H groups in total. The van der Waals surface area contributed by atoms with Crippen LogP contribution in [0.1, 0.15) is 11.1 Å². The van der Waals surface area contributed by atoms with E-state index < -0.39 is 5.97 Å². The molecule has 4 aromatic rings. The van der Waals surface area contributed by atoms with Crippen molar-refractivity contribution in [3.05, 3.63) is 88.4 Å².